The molecule has 0 radical (unpaired) electrons. The first kappa shape index (κ1) is 12.4. The van der Waals surface area contributed by atoms with Gasteiger partial charge in [-0.25, -0.2) is 0 Å². The van der Waals surface area contributed by atoms with Crippen LogP contribution in [0.2, 0.25) is 0 Å². The van der Waals surface area contributed by atoms with Gasteiger partial charge in [-0.05, 0) is 32.8 Å². The molecule has 0 aliphatic heterocycles. The molecule has 0 saturated heterocycles. The van der Waals surface area contributed by atoms with E-state index in [1.807, 2.05) is 27.7 Å². The second-order valence-electron chi connectivity index (χ2n) is 3.63. The molecule has 0 aliphatic rings. The molecule has 2 atom stereocenters. The zero-order chi connectivity index (χ0) is 10.6. The third-order valence-electron chi connectivity index (χ3n) is 2.80. The van der Waals surface area contributed by atoms with Gasteiger partial charge in [0, 0.05) is 5.92 Å². The summed E-state index contributed by atoms with van der Waals surface area (Å²) in [5.74, 6) is 0.168. The van der Waals surface area contributed by atoms with Gasteiger partial charge in [-0.15, -0.1) is 0 Å². The fourth-order valence-corrected chi connectivity index (χ4v) is 1.26. The monoisotopic (exact) mass is 184 g/mol. The predicted molar refractivity (Wildman–Crippen MR) is 54.5 cm³/mol. The number of rotatable bonds is 4. The Balaban J connectivity index is 4.66. The summed E-state index contributed by atoms with van der Waals surface area (Å²) in [6.07, 6.45) is 0.387. The lowest BCUT2D eigenvalue weighted by Crippen LogP contribution is -2.19. The summed E-state index contributed by atoms with van der Waals surface area (Å²) in [5, 5.41) is 9.58. The highest BCUT2D eigenvalue weighted by atomic mass is 16.3. The topological polar surface area (TPSA) is 37.3 Å². The Bertz CT molecular complexity index is 216. The SMILES string of the molecule is CCC(O)C(C)/C(C)=C(/C)C(C)=O. The number of Topliss-reactive ketones (excluding diaryl/α,β-unsaturated/α-hetero) is 1. The number of ketones is 1. The molecule has 0 fully saturated rings. The van der Waals surface area contributed by atoms with Gasteiger partial charge in [-0.3, -0.25) is 4.79 Å². The quantitative estimate of drug-likeness (QED) is 0.681. The van der Waals surface area contributed by atoms with Crippen molar-refractivity contribution >= 4 is 5.78 Å². The molecule has 2 heteroatoms. The van der Waals surface area contributed by atoms with Crippen molar-refractivity contribution in [3.63, 3.8) is 0 Å². The summed E-state index contributed by atoms with van der Waals surface area (Å²) in [6.45, 7) is 9.19. The molecule has 13 heavy (non-hydrogen) atoms. The first-order chi connectivity index (χ1) is 5.91. The molecule has 0 aliphatic carbocycles. The third-order valence-corrected chi connectivity index (χ3v) is 2.80. The number of hydrogen-bond donors (Lipinski definition) is 1. The van der Waals surface area contributed by atoms with Crippen LogP contribution in [0, 0.1) is 5.92 Å². The molecule has 0 aromatic carbocycles. The zero-order valence-corrected chi connectivity index (χ0v) is 9.22. The van der Waals surface area contributed by atoms with E-state index in [9.17, 15) is 9.90 Å². The first-order valence-corrected chi connectivity index (χ1v) is 4.78. The number of hydrogen-bond acceptors (Lipinski definition) is 2. The van der Waals surface area contributed by atoms with Crippen LogP contribution in [0.4, 0.5) is 0 Å². The molecule has 0 amide bonds. The van der Waals surface area contributed by atoms with Gasteiger partial charge in [0.2, 0.25) is 0 Å². The fourth-order valence-electron chi connectivity index (χ4n) is 1.26. The van der Waals surface area contributed by atoms with Crippen LogP contribution in [0.1, 0.15) is 41.0 Å². The molecule has 0 aromatic heterocycles. The van der Waals surface area contributed by atoms with Crippen LogP contribution in [0.5, 0.6) is 0 Å². The molecule has 0 rings (SSSR count). The molecule has 0 saturated carbocycles. The highest BCUT2D eigenvalue weighted by Crippen LogP contribution is 2.20. The van der Waals surface area contributed by atoms with Gasteiger partial charge in [0.15, 0.2) is 5.78 Å². The molecule has 0 bridgehead atoms. The third kappa shape index (κ3) is 3.31. The summed E-state index contributed by atoms with van der Waals surface area (Å²) in [7, 11) is 0. The Morgan fingerprint density at radius 1 is 1.31 bits per heavy atom. The highest BCUT2D eigenvalue weighted by Gasteiger charge is 2.16. The van der Waals surface area contributed by atoms with Gasteiger partial charge >= 0.3 is 0 Å². The van der Waals surface area contributed by atoms with Crippen molar-refractivity contribution in [2.45, 2.75) is 47.1 Å². The molecular formula is C11H20O2. The van der Waals surface area contributed by atoms with E-state index in [-0.39, 0.29) is 17.8 Å². The molecule has 2 unspecified atom stereocenters. The Kier molecular flexibility index (Phi) is 4.92. The van der Waals surface area contributed by atoms with Gasteiger partial charge in [0.1, 0.15) is 0 Å². The van der Waals surface area contributed by atoms with Crippen molar-refractivity contribution in [1.82, 2.24) is 0 Å². The van der Waals surface area contributed by atoms with Crippen LogP contribution >= 0.6 is 0 Å². The van der Waals surface area contributed by atoms with Gasteiger partial charge in [0.25, 0.3) is 0 Å². The van der Waals surface area contributed by atoms with E-state index in [4.69, 9.17) is 0 Å². The lowest BCUT2D eigenvalue weighted by atomic mass is 9.90. The van der Waals surface area contributed by atoms with E-state index in [0.29, 0.717) is 0 Å². The van der Waals surface area contributed by atoms with Crippen molar-refractivity contribution in [2.24, 2.45) is 5.92 Å². The van der Waals surface area contributed by atoms with E-state index in [2.05, 4.69) is 0 Å². The molecule has 76 valence electrons. The second kappa shape index (κ2) is 5.18. The Hall–Kier alpha value is -0.630. The summed E-state index contributed by atoms with van der Waals surface area (Å²) < 4.78 is 0. The molecule has 1 N–H and O–H groups in total. The molecule has 0 aromatic rings. The molecule has 2 nitrogen and oxygen atoms in total. The van der Waals surface area contributed by atoms with Crippen LogP contribution in [-0.2, 0) is 4.79 Å². The van der Waals surface area contributed by atoms with Crippen molar-refractivity contribution in [2.75, 3.05) is 0 Å². The number of allylic oxidation sites excluding steroid dienone is 1. The van der Waals surface area contributed by atoms with Gasteiger partial charge in [-0.1, -0.05) is 19.4 Å². The predicted octanol–water partition coefficient (Wildman–Crippen LogP) is 2.32. The molecule has 0 spiro atoms. The van der Waals surface area contributed by atoms with Gasteiger partial charge in [-0.2, -0.15) is 0 Å². The number of carbonyl (C=O) groups excluding carboxylic acids is 1. The Morgan fingerprint density at radius 3 is 2.08 bits per heavy atom. The zero-order valence-electron chi connectivity index (χ0n) is 9.22. The van der Waals surface area contributed by atoms with Gasteiger partial charge < -0.3 is 5.11 Å². The maximum Gasteiger partial charge on any atom is 0.155 e. The molecule has 0 heterocycles. The van der Waals surface area contributed by atoms with Crippen LogP contribution in [0.25, 0.3) is 0 Å². The lowest BCUT2D eigenvalue weighted by molar-refractivity contribution is -0.113. The smallest absolute Gasteiger partial charge is 0.155 e. The van der Waals surface area contributed by atoms with E-state index in [1.54, 1.807) is 6.92 Å². The first-order valence-electron chi connectivity index (χ1n) is 4.78. The van der Waals surface area contributed by atoms with Crippen LogP contribution in [0.15, 0.2) is 11.1 Å². The van der Waals surface area contributed by atoms with Crippen LogP contribution in [-0.4, -0.2) is 17.0 Å². The second-order valence-corrected chi connectivity index (χ2v) is 3.63. The van der Waals surface area contributed by atoms with E-state index in [0.717, 1.165) is 17.6 Å². The Labute approximate surface area is 80.7 Å². The average molecular weight is 184 g/mol. The lowest BCUT2D eigenvalue weighted by Gasteiger charge is -2.19. The highest BCUT2D eigenvalue weighted by molar-refractivity contribution is 5.93. The maximum absolute atomic E-state index is 11.1. The van der Waals surface area contributed by atoms with E-state index < -0.39 is 0 Å². The van der Waals surface area contributed by atoms with E-state index in [1.165, 1.54) is 0 Å². The number of carbonyl (C=O) groups is 1. The summed E-state index contributed by atoms with van der Waals surface area (Å²) >= 11 is 0. The molecular weight excluding hydrogens is 164 g/mol. The van der Waals surface area contributed by atoms with Crippen molar-refractivity contribution in [3.05, 3.63) is 11.1 Å². The van der Waals surface area contributed by atoms with Crippen molar-refractivity contribution < 1.29 is 9.90 Å². The van der Waals surface area contributed by atoms with Crippen molar-refractivity contribution in [3.8, 4) is 0 Å². The minimum absolute atomic E-state index is 0.0777. The Morgan fingerprint density at radius 2 is 1.77 bits per heavy atom. The van der Waals surface area contributed by atoms with Crippen LogP contribution < -0.4 is 0 Å². The standard InChI is InChI=1S/C11H20O2/c1-6-11(13)9(4)7(2)8(3)10(5)12/h9,11,13H,6H2,1-5H3/b8-7-. The maximum atomic E-state index is 11.1. The van der Waals surface area contributed by atoms with Crippen LogP contribution in [0.3, 0.4) is 0 Å². The minimum atomic E-state index is -0.339. The van der Waals surface area contributed by atoms with E-state index >= 15 is 0 Å². The summed E-state index contributed by atoms with van der Waals surface area (Å²) in [4.78, 5) is 11.1. The minimum Gasteiger partial charge on any atom is -0.393 e. The average Bonchev–Trinajstić information content (AvgIpc) is 2.12. The number of aliphatic hydroxyl groups excluding tert-OH is 1. The van der Waals surface area contributed by atoms with Crippen molar-refractivity contribution in [1.29, 1.82) is 0 Å². The normalized spacial score (nSPS) is 17.7. The summed E-state index contributed by atoms with van der Waals surface area (Å²) in [6, 6.07) is 0. The summed E-state index contributed by atoms with van der Waals surface area (Å²) in [5.41, 5.74) is 1.78. The largest absolute Gasteiger partial charge is 0.393 e. The number of aliphatic hydroxyl groups is 1. The van der Waals surface area contributed by atoms with Gasteiger partial charge in [0.05, 0.1) is 6.10 Å². The fraction of sp³-hybridized carbons (Fsp3) is 0.727.